The van der Waals surface area contributed by atoms with Gasteiger partial charge >= 0.3 is 5.97 Å². The first-order valence-electron chi connectivity index (χ1n) is 12.7. The van der Waals surface area contributed by atoms with Crippen molar-refractivity contribution in [1.82, 2.24) is 0 Å². The summed E-state index contributed by atoms with van der Waals surface area (Å²) in [5, 5.41) is 29.6. The lowest BCUT2D eigenvalue weighted by molar-refractivity contribution is -0.897. The second-order valence-electron chi connectivity index (χ2n) is 10.4. The maximum absolute atomic E-state index is 11.5. The SMILES string of the molecule is CCCCCCCCCCCCC1=NCC[N+]1(C(C)O)C(C)C(=O)O.C[N+](C)(C)CC(=O)[O-]. The molecule has 1 aliphatic rings. The van der Waals surface area contributed by atoms with Gasteiger partial charge in [0.15, 0.2) is 12.3 Å². The number of aliphatic carboxylic acids is 2. The van der Waals surface area contributed by atoms with Crippen molar-refractivity contribution in [1.29, 1.82) is 0 Å². The van der Waals surface area contributed by atoms with Crippen LogP contribution in [0.3, 0.4) is 0 Å². The van der Waals surface area contributed by atoms with Crippen LogP contribution >= 0.6 is 0 Å². The minimum absolute atomic E-state index is 0.0694. The molecule has 0 aliphatic carbocycles. The summed E-state index contributed by atoms with van der Waals surface area (Å²) >= 11 is 0. The molecule has 0 spiro atoms. The highest BCUT2D eigenvalue weighted by molar-refractivity contribution is 5.81. The number of rotatable bonds is 16. The number of hydrogen-bond donors (Lipinski definition) is 2. The van der Waals surface area contributed by atoms with E-state index in [-0.39, 0.29) is 11.0 Å². The molecule has 1 aliphatic heterocycles. The first kappa shape index (κ1) is 31.5. The second-order valence-corrected chi connectivity index (χ2v) is 10.4. The van der Waals surface area contributed by atoms with Crippen LogP contribution in [0, 0.1) is 0 Å². The number of aliphatic hydroxyl groups excluding tert-OH is 1. The summed E-state index contributed by atoms with van der Waals surface area (Å²) in [5.74, 6) is -0.986. The summed E-state index contributed by atoms with van der Waals surface area (Å²) < 4.78 is 0.537. The van der Waals surface area contributed by atoms with E-state index in [0.29, 0.717) is 17.6 Å². The number of amidine groups is 1. The molecule has 0 aromatic carbocycles. The van der Waals surface area contributed by atoms with Crippen molar-refractivity contribution in [2.45, 2.75) is 104 Å². The van der Waals surface area contributed by atoms with Gasteiger partial charge in [0.25, 0.3) is 0 Å². The summed E-state index contributed by atoms with van der Waals surface area (Å²) in [5.41, 5.74) is 0. The number of likely N-dealkylation sites (N-methyl/N-ethyl adjacent to an activating group) is 1. The number of aliphatic imine (C=N–C) groups is 1. The summed E-state index contributed by atoms with van der Waals surface area (Å²) in [6.45, 7) is 6.91. The Labute approximate surface area is 201 Å². The fourth-order valence-electron chi connectivity index (χ4n) is 4.39. The molecule has 0 fully saturated rings. The van der Waals surface area contributed by atoms with E-state index in [0.717, 1.165) is 25.1 Å². The van der Waals surface area contributed by atoms with Crippen LogP contribution in [-0.2, 0) is 9.59 Å². The van der Waals surface area contributed by atoms with Crippen molar-refractivity contribution >= 4 is 17.8 Å². The van der Waals surface area contributed by atoms with Crippen LogP contribution < -0.4 is 5.11 Å². The van der Waals surface area contributed by atoms with Gasteiger partial charge in [-0.1, -0.05) is 64.7 Å². The minimum atomic E-state index is -1.00. The van der Waals surface area contributed by atoms with Crippen molar-refractivity contribution in [3.63, 3.8) is 0 Å². The highest BCUT2D eigenvalue weighted by Gasteiger charge is 2.49. The maximum Gasteiger partial charge on any atom is 0.362 e. The Morgan fingerprint density at radius 1 is 1.00 bits per heavy atom. The van der Waals surface area contributed by atoms with E-state index in [4.69, 9.17) is 0 Å². The van der Waals surface area contributed by atoms with Gasteiger partial charge in [0.2, 0.25) is 5.84 Å². The summed E-state index contributed by atoms with van der Waals surface area (Å²) in [6.07, 6.45) is 12.9. The van der Waals surface area contributed by atoms with E-state index >= 15 is 0 Å². The Morgan fingerprint density at radius 3 is 1.85 bits per heavy atom. The number of carbonyl (C=O) groups is 2. The molecule has 0 saturated carbocycles. The molecule has 0 radical (unpaired) electrons. The molecule has 0 saturated heterocycles. The van der Waals surface area contributed by atoms with Crippen LogP contribution in [0.25, 0.3) is 0 Å². The van der Waals surface area contributed by atoms with Crippen molar-refractivity contribution in [2.75, 3.05) is 40.8 Å². The molecule has 2 N–H and O–H groups in total. The molecule has 1 rings (SSSR count). The van der Waals surface area contributed by atoms with Crippen molar-refractivity contribution < 1.29 is 33.9 Å². The number of unbranched alkanes of at least 4 members (excludes halogenated alkanes) is 9. The number of quaternary nitrogens is 2. The van der Waals surface area contributed by atoms with Gasteiger partial charge in [-0.15, -0.1) is 0 Å². The quantitative estimate of drug-likeness (QED) is 0.265. The standard InChI is InChI=1S/C20H38N2O3.C5H11NO2/c1-4-5-6-7-8-9-10-11-12-13-14-19-21-15-16-22(19,18(3)23)17(2)20(24)25;1-6(2,3)4-5(7)8/h17-18,23H,4-16H2,1-3H3;4H2,1-3H3/p+1. The van der Waals surface area contributed by atoms with Crippen LogP contribution in [0.1, 0.15) is 91.4 Å². The number of aliphatic hydroxyl groups is 1. The molecule has 3 unspecified atom stereocenters. The molecule has 0 bridgehead atoms. The van der Waals surface area contributed by atoms with E-state index < -0.39 is 24.2 Å². The fourth-order valence-corrected chi connectivity index (χ4v) is 4.39. The van der Waals surface area contributed by atoms with Crippen LogP contribution in [0.15, 0.2) is 4.99 Å². The van der Waals surface area contributed by atoms with Gasteiger partial charge in [0, 0.05) is 13.3 Å². The van der Waals surface area contributed by atoms with Crippen LogP contribution in [0.5, 0.6) is 0 Å². The van der Waals surface area contributed by atoms with E-state index in [1.807, 2.05) is 0 Å². The zero-order valence-electron chi connectivity index (χ0n) is 22.0. The van der Waals surface area contributed by atoms with Gasteiger partial charge in [-0.05, 0) is 13.3 Å². The normalized spacial score (nSPS) is 19.9. The third kappa shape index (κ3) is 12.5. The summed E-state index contributed by atoms with van der Waals surface area (Å²) in [4.78, 5) is 25.9. The smallest absolute Gasteiger partial charge is 0.362 e. The molecule has 0 aromatic rings. The van der Waals surface area contributed by atoms with Crippen LogP contribution in [0.4, 0.5) is 0 Å². The first-order valence-corrected chi connectivity index (χ1v) is 12.7. The Kier molecular flexibility index (Phi) is 15.4. The molecule has 8 nitrogen and oxygen atoms in total. The highest BCUT2D eigenvalue weighted by atomic mass is 16.4. The van der Waals surface area contributed by atoms with Gasteiger partial charge in [0.1, 0.15) is 13.1 Å². The topological polar surface area (TPSA) is 110 Å². The molecule has 3 atom stereocenters. The molecular weight excluding hydrogens is 422 g/mol. The van der Waals surface area contributed by atoms with E-state index in [9.17, 15) is 24.9 Å². The third-order valence-corrected chi connectivity index (χ3v) is 6.32. The predicted octanol–water partition coefficient (Wildman–Crippen LogP) is 2.78. The molecule has 1 heterocycles. The number of carboxylic acids is 2. The van der Waals surface area contributed by atoms with Crippen molar-refractivity contribution in [3.8, 4) is 0 Å². The van der Waals surface area contributed by atoms with Crippen LogP contribution in [-0.4, -0.2) is 90.0 Å². The molecule has 0 aromatic heterocycles. The Hall–Kier alpha value is -1.51. The lowest BCUT2D eigenvalue weighted by Gasteiger charge is -2.40. The molecule has 194 valence electrons. The summed E-state index contributed by atoms with van der Waals surface area (Å²) in [7, 11) is 5.40. The van der Waals surface area contributed by atoms with Gasteiger partial charge < -0.3 is 24.6 Å². The lowest BCUT2D eigenvalue weighted by atomic mass is 10.0. The molecule has 0 amide bonds. The summed E-state index contributed by atoms with van der Waals surface area (Å²) in [6, 6.07) is -0.649. The van der Waals surface area contributed by atoms with E-state index in [2.05, 4.69) is 11.9 Å². The molecule has 33 heavy (non-hydrogen) atoms. The van der Waals surface area contributed by atoms with Gasteiger partial charge in [-0.3, -0.25) is 0 Å². The number of carboxylic acid groups (broad SMARTS) is 2. The van der Waals surface area contributed by atoms with Crippen molar-refractivity contribution in [2.24, 2.45) is 4.99 Å². The first-order chi connectivity index (χ1) is 15.4. The second kappa shape index (κ2) is 16.2. The van der Waals surface area contributed by atoms with Crippen LogP contribution in [0.2, 0.25) is 0 Å². The molecular formula is C25H50N3O5+. The largest absolute Gasteiger partial charge is 0.544 e. The maximum atomic E-state index is 11.5. The predicted molar refractivity (Wildman–Crippen MR) is 131 cm³/mol. The van der Waals surface area contributed by atoms with Gasteiger partial charge in [0.05, 0.1) is 33.7 Å². The Morgan fingerprint density at radius 2 is 1.48 bits per heavy atom. The average Bonchev–Trinajstić information content (AvgIpc) is 3.12. The monoisotopic (exact) mass is 472 g/mol. The third-order valence-electron chi connectivity index (χ3n) is 6.32. The Bertz CT molecular complexity index is 601. The highest BCUT2D eigenvalue weighted by Crippen LogP contribution is 2.27. The zero-order valence-corrected chi connectivity index (χ0v) is 22.0. The zero-order chi connectivity index (χ0) is 25.5. The fraction of sp³-hybridized carbons (Fsp3) is 0.880. The number of hydrogen-bond acceptors (Lipinski definition) is 5. The van der Waals surface area contributed by atoms with Gasteiger partial charge in [-0.25, -0.2) is 14.3 Å². The van der Waals surface area contributed by atoms with Gasteiger partial charge in [-0.2, -0.15) is 0 Å². The van der Waals surface area contributed by atoms with E-state index in [1.165, 1.54) is 51.4 Å². The van der Waals surface area contributed by atoms with Crippen molar-refractivity contribution in [3.05, 3.63) is 0 Å². The lowest BCUT2D eigenvalue weighted by Crippen LogP contribution is -2.64. The number of nitrogens with zero attached hydrogens (tertiary/aromatic N) is 3. The minimum Gasteiger partial charge on any atom is -0.544 e. The average molecular weight is 473 g/mol. The molecule has 8 heteroatoms. The number of carbonyl (C=O) groups excluding carboxylic acids is 1. The van der Waals surface area contributed by atoms with E-state index in [1.54, 1.807) is 35.0 Å². The Balaban J connectivity index is 0.00000109.